The van der Waals surface area contributed by atoms with Gasteiger partial charge in [-0.2, -0.15) is 0 Å². The molecule has 0 radical (unpaired) electrons. The fraction of sp³-hybridized carbons (Fsp3) is 0.562. The van der Waals surface area contributed by atoms with Gasteiger partial charge in [0.15, 0.2) is 17.5 Å². The van der Waals surface area contributed by atoms with Gasteiger partial charge < -0.3 is 24.8 Å². The number of hydrogen-bond acceptors (Lipinski definition) is 4. The Balaban J connectivity index is 2.73. The Bertz CT molecular complexity index is 490. The number of methoxy groups -OCH3 is 3. The van der Waals surface area contributed by atoms with Crippen LogP contribution in [0.15, 0.2) is 17.1 Å². The first-order chi connectivity index (χ1) is 10.7. The summed E-state index contributed by atoms with van der Waals surface area (Å²) in [5.74, 6) is 2.80. The molecule has 6 nitrogen and oxygen atoms in total. The molecule has 0 saturated heterocycles. The van der Waals surface area contributed by atoms with Crippen LogP contribution in [0.4, 0.5) is 0 Å². The van der Waals surface area contributed by atoms with Crippen molar-refractivity contribution in [1.82, 2.24) is 10.6 Å². The summed E-state index contributed by atoms with van der Waals surface area (Å²) >= 11 is 0. The standard InChI is InChI=1S/C16H27N3O3/c1-6-10-18-16(17-2)19-11-9-12-7-8-13(20-3)15(22-5)14(12)21-4/h7-8H,6,9-11H2,1-5H3,(H2,17,18,19). The Hall–Kier alpha value is -2.11. The monoisotopic (exact) mass is 309 g/mol. The van der Waals surface area contributed by atoms with E-state index in [9.17, 15) is 0 Å². The number of aliphatic imine (C=N–C) groups is 1. The lowest BCUT2D eigenvalue weighted by Gasteiger charge is -2.16. The van der Waals surface area contributed by atoms with Gasteiger partial charge in [-0.25, -0.2) is 0 Å². The summed E-state index contributed by atoms with van der Waals surface area (Å²) in [5, 5.41) is 6.52. The minimum atomic E-state index is 0.621. The fourth-order valence-electron chi connectivity index (χ4n) is 2.14. The highest BCUT2D eigenvalue weighted by Crippen LogP contribution is 2.39. The molecule has 0 saturated carbocycles. The van der Waals surface area contributed by atoms with Gasteiger partial charge in [0.2, 0.25) is 5.75 Å². The average molecular weight is 309 g/mol. The van der Waals surface area contributed by atoms with E-state index in [0.29, 0.717) is 17.2 Å². The van der Waals surface area contributed by atoms with Crippen molar-refractivity contribution in [2.75, 3.05) is 41.5 Å². The first kappa shape index (κ1) is 17.9. The largest absolute Gasteiger partial charge is 0.493 e. The maximum absolute atomic E-state index is 5.48. The highest BCUT2D eigenvalue weighted by atomic mass is 16.5. The number of nitrogens with one attached hydrogen (secondary N) is 2. The van der Waals surface area contributed by atoms with Crippen LogP contribution >= 0.6 is 0 Å². The summed E-state index contributed by atoms with van der Waals surface area (Å²) in [6.07, 6.45) is 1.85. The predicted molar refractivity (Wildman–Crippen MR) is 89.5 cm³/mol. The van der Waals surface area contributed by atoms with Gasteiger partial charge in [0.25, 0.3) is 0 Å². The molecule has 0 heterocycles. The lowest BCUT2D eigenvalue weighted by atomic mass is 10.1. The number of guanidine groups is 1. The van der Waals surface area contributed by atoms with Crippen molar-refractivity contribution in [1.29, 1.82) is 0 Å². The van der Waals surface area contributed by atoms with Gasteiger partial charge in [-0.15, -0.1) is 0 Å². The smallest absolute Gasteiger partial charge is 0.203 e. The fourth-order valence-corrected chi connectivity index (χ4v) is 2.14. The van der Waals surface area contributed by atoms with Gasteiger partial charge in [-0.05, 0) is 18.9 Å². The molecule has 6 heteroatoms. The van der Waals surface area contributed by atoms with Gasteiger partial charge in [0.1, 0.15) is 0 Å². The van der Waals surface area contributed by atoms with Gasteiger partial charge in [-0.3, -0.25) is 4.99 Å². The SMILES string of the molecule is CCCNC(=NC)NCCc1ccc(OC)c(OC)c1OC. The molecule has 2 N–H and O–H groups in total. The summed E-state index contributed by atoms with van der Waals surface area (Å²) in [6.45, 7) is 3.77. The van der Waals surface area contributed by atoms with E-state index >= 15 is 0 Å². The van der Waals surface area contributed by atoms with Crippen molar-refractivity contribution in [2.24, 2.45) is 4.99 Å². The Morgan fingerprint density at radius 2 is 1.68 bits per heavy atom. The number of ether oxygens (including phenoxy) is 3. The van der Waals surface area contributed by atoms with Crippen LogP contribution in [0.25, 0.3) is 0 Å². The van der Waals surface area contributed by atoms with Gasteiger partial charge in [0.05, 0.1) is 21.3 Å². The van der Waals surface area contributed by atoms with Crippen LogP contribution in [-0.2, 0) is 6.42 Å². The van der Waals surface area contributed by atoms with Crippen LogP contribution in [0.2, 0.25) is 0 Å². The molecule has 0 fully saturated rings. The van der Waals surface area contributed by atoms with Crippen molar-refractivity contribution in [3.8, 4) is 17.2 Å². The molecule has 0 amide bonds. The molecule has 0 aromatic heterocycles. The highest BCUT2D eigenvalue weighted by Gasteiger charge is 2.15. The van der Waals surface area contributed by atoms with Gasteiger partial charge in [0, 0.05) is 25.7 Å². The molecule has 1 rings (SSSR count). The lowest BCUT2D eigenvalue weighted by molar-refractivity contribution is 0.322. The van der Waals surface area contributed by atoms with Crippen molar-refractivity contribution in [3.05, 3.63) is 17.7 Å². The molecule has 0 unspecified atom stereocenters. The van der Waals surface area contributed by atoms with E-state index in [1.807, 2.05) is 12.1 Å². The van der Waals surface area contributed by atoms with Crippen molar-refractivity contribution >= 4 is 5.96 Å². The zero-order valence-electron chi connectivity index (χ0n) is 14.2. The van der Waals surface area contributed by atoms with E-state index in [1.165, 1.54) is 0 Å². The molecule has 124 valence electrons. The van der Waals surface area contributed by atoms with E-state index < -0.39 is 0 Å². The lowest BCUT2D eigenvalue weighted by Crippen LogP contribution is -2.38. The molecular formula is C16H27N3O3. The van der Waals surface area contributed by atoms with Crippen LogP contribution in [0.1, 0.15) is 18.9 Å². The Morgan fingerprint density at radius 1 is 1.00 bits per heavy atom. The summed E-state index contributed by atoms with van der Waals surface area (Å²) in [5.41, 5.74) is 1.05. The second-order valence-corrected chi connectivity index (χ2v) is 4.67. The van der Waals surface area contributed by atoms with Gasteiger partial charge in [-0.1, -0.05) is 13.0 Å². The predicted octanol–water partition coefficient (Wildman–Crippen LogP) is 1.83. The average Bonchev–Trinajstić information content (AvgIpc) is 2.56. The Morgan fingerprint density at radius 3 is 2.23 bits per heavy atom. The van der Waals surface area contributed by atoms with Crippen LogP contribution in [-0.4, -0.2) is 47.4 Å². The van der Waals surface area contributed by atoms with Crippen molar-refractivity contribution < 1.29 is 14.2 Å². The summed E-state index contributed by atoms with van der Waals surface area (Å²) in [6, 6.07) is 3.88. The summed E-state index contributed by atoms with van der Waals surface area (Å²) in [7, 11) is 6.62. The van der Waals surface area contributed by atoms with Crippen LogP contribution in [0, 0.1) is 0 Å². The second kappa shape index (κ2) is 9.76. The van der Waals surface area contributed by atoms with E-state index in [1.54, 1.807) is 28.4 Å². The molecule has 0 aliphatic carbocycles. The topological polar surface area (TPSA) is 64.1 Å². The maximum atomic E-state index is 5.48. The number of nitrogens with zero attached hydrogens (tertiary/aromatic N) is 1. The van der Waals surface area contributed by atoms with Crippen LogP contribution < -0.4 is 24.8 Å². The molecule has 1 aromatic rings. The molecule has 0 aliphatic heterocycles. The Labute approximate surface area is 132 Å². The molecular weight excluding hydrogens is 282 g/mol. The second-order valence-electron chi connectivity index (χ2n) is 4.67. The molecule has 1 aromatic carbocycles. The number of hydrogen-bond donors (Lipinski definition) is 2. The van der Waals surface area contributed by atoms with E-state index in [0.717, 1.165) is 37.5 Å². The van der Waals surface area contributed by atoms with Gasteiger partial charge >= 0.3 is 0 Å². The molecule has 0 atom stereocenters. The zero-order chi connectivity index (χ0) is 16.4. The van der Waals surface area contributed by atoms with E-state index in [-0.39, 0.29) is 0 Å². The van der Waals surface area contributed by atoms with Crippen molar-refractivity contribution in [2.45, 2.75) is 19.8 Å². The zero-order valence-corrected chi connectivity index (χ0v) is 14.2. The molecule has 0 bridgehead atoms. The van der Waals surface area contributed by atoms with Crippen LogP contribution in [0.3, 0.4) is 0 Å². The van der Waals surface area contributed by atoms with E-state index in [2.05, 4.69) is 22.5 Å². The Kier molecular flexibility index (Phi) is 7.96. The third-order valence-corrected chi connectivity index (χ3v) is 3.24. The first-order valence-corrected chi connectivity index (χ1v) is 7.44. The minimum absolute atomic E-state index is 0.621. The molecule has 0 spiro atoms. The quantitative estimate of drug-likeness (QED) is 0.566. The minimum Gasteiger partial charge on any atom is -0.493 e. The van der Waals surface area contributed by atoms with Crippen LogP contribution in [0.5, 0.6) is 17.2 Å². The highest BCUT2D eigenvalue weighted by molar-refractivity contribution is 5.79. The third-order valence-electron chi connectivity index (χ3n) is 3.24. The normalized spacial score (nSPS) is 11.0. The molecule has 22 heavy (non-hydrogen) atoms. The van der Waals surface area contributed by atoms with E-state index in [4.69, 9.17) is 14.2 Å². The summed E-state index contributed by atoms with van der Waals surface area (Å²) < 4.78 is 16.2. The maximum Gasteiger partial charge on any atom is 0.203 e. The van der Waals surface area contributed by atoms with Crippen molar-refractivity contribution in [3.63, 3.8) is 0 Å². The number of rotatable bonds is 8. The number of benzene rings is 1. The third kappa shape index (κ3) is 4.72. The molecule has 0 aliphatic rings. The summed E-state index contributed by atoms with van der Waals surface area (Å²) in [4.78, 5) is 4.18. The first-order valence-electron chi connectivity index (χ1n) is 7.44.